The molecule has 0 spiro atoms. The van der Waals surface area contributed by atoms with Gasteiger partial charge in [-0.1, -0.05) is 30.3 Å². The number of thiazole rings is 1. The summed E-state index contributed by atoms with van der Waals surface area (Å²) in [4.78, 5) is 27.6. The molecule has 0 saturated carbocycles. The van der Waals surface area contributed by atoms with Crippen LogP contribution in [0.25, 0.3) is 11.3 Å². The minimum atomic E-state index is -0.435. The number of hydrogen-bond donors (Lipinski definition) is 1. The zero-order chi connectivity index (χ0) is 24.2. The highest BCUT2D eigenvalue weighted by molar-refractivity contribution is 7.71. The number of aryl methyl sites for hydroxylation is 2. The van der Waals surface area contributed by atoms with Gasteiger partial charge in [0, 0.05) is 22.6 Å². The SMILES string of the molecule is Cc1ccccc1OCc1nn(CC(=O)Nc2nc(-c3ccc(C)c([N+](=O)[O-])c3)cs2)c(=S)o1. The maximum absolute atomic E-state index is 12.5. The van der Waals surface area contributed by atoms with E-state index >= 15 is 0 Å². The van der Waals surface area contributed by atoms with Crippen molar-refractivity contribution in [2.24, 2.45) is 0 Å². The van der Waals surface area contributed by atoms with Gasteiger partial charge in [-0.2, -0.15) is 0 Å². The third-order valence-electron chi connectivity index (χ3n) is 4.84. The van der Waals surface area contributed by atoms with Crippen LogP contribution in [0, 0.1) is 28.8 Å². The van der Waals surface area contributed by atoms with E-state index in [-0.39, 0.29) is 29.6 Å². The first-order chi connectivity index (χ1) is 16.3. The third-order valence-corrected chi connectivity index (χ3v) is 5.89. The normalized spacial score (nSPS) is 10.8. The molecule has 10 nitrogen and oxygen atoms in total. The number of amides is 1. The molecule has 2 aromatic carbocycles. The number of aromatic nitrogens is 3. The molecule has 0 saturated heterocycles. The number of nitro benzene ring substituents is 1. The number of benzene rings is 2. The van der Waals surface area contributed by atoms with Gasteiger partial charge in [0.2, 0.25) is 5.91 Å². The van der Waals surface area contributed by atoms with Gasteiger partial charge in [-0.3, -0.25) is 14.9 Å². The van der Waals surface area contributed by atoms with E-state index in [1.807, 2.05) is 31.2 Å². The molecule has 0 atom stereocenters. The predicted octanol–water partition coefficient (Wildman–Crippen LogP) is 5.07. The van der Waals surface area contributed by atoms with Gasteiger partial charge in [0.25, 0.3) is 16.4 Å². The van der Waals surface area contributed by atoms with Crippen molar-refractivity contribution >= 4 is 40.3 Å². The number of nitrogens with zero attached hydrogens (tertiary/aromatic N) is 4. The molecule has 0 fully saturated rings. The van der Waals surface area contributed by atoms with Crippen molar-refractivity contribution in [1.29, 1.82) is 0 Å². The van der Waals surface area contributed by atoms with Crippen LogP contribution in [0.1, 0.15) is 17.0 Å². The Morgan fingerprint density at radius 3 is 2.82 bits per heavy atom. The van der Waals surface area contributed by atoms with Gasteiger partial charge >= 0.3 is 0 Å². The summed E-state index contributed by atoms with van der Waals surface area (Å²) < 4.78 is 12.4. The lowest BCUT2D eigenvalue weighted by Gasteiger charge is -2.05. The van der Waals surface area contributed by atoms with Crippen LogP contribution in [-0.2, 0) is 17.9 Å². The summed E-state index contributed by atoms with van der Waals surface area (Å²) in [6.45, 7) is 3.50. The fourth-order valence-electron chi connectivity index (χ4n) is 3.09. The zero-order valence-electron chi connectivity index (χ0n) is 18.2. The van der Waals surface area contributed by atoms with E-state index < -0.39 is 10.8 Å². The van der Waals surface area contributed by atoms with Crippen LogP contribution in [0.2, 0.25) is 0 Å². The van der Waals surface area contributed by atoms with E-state index in [1.165, 1.54) is 22.1 Å². The first-order valence-corrected chi connectivity index (χ1v) is 11.3. The molecule has 0 bridgehead atoms. The van der Waals surface area contributed by atoms with E-state index in [0.717, 1.165) is 5.56 Å². The van der Waals surface area contributed by atoms with E-state index in [4.69, 9.17) is 21.4 Å². The number of carbonyl (C=O) groups is 1. The summed E-state index contributed by atoms with van der Waals surface area (Å²) in [6.07, 6.45) is 0. The fraction of sp³-hybridized carbons (Fsp3) is 0.182. The van der Waals surface area contributed by atoms with E-state index in [0.29, 0.717) is 27.7 Å². The van der Waals surface area contributed by atoms with Gasteiger partial charge in [0.1, 0.15) is 12.3 Å². The molecule has 0 aliphatic carbocycles. The molecule has 1 amide bonds. The summed E-state index contributed by atoms with van der Waals surface area (Å²) in [5.74, 6) is 0.555. The summed E-state index contributed by atoms with van der Waals surface area (Å²) in [5.41, 5.74) is 2.66. The van der Waals surface area contributed by atoms with Crippen LogP contribution in [0.5, 0.6) is 5.75 Å². The molecule has 34 heavy (non-hydrogen) atoms. The minimum absolute atomic E-state index is 0.0127. The van der Waals surface area contributed by atoms with E-state index in [1.54, 1.807) is 24.4 Å². The molecule has 2 heterocycles. The molecule has 0 aliphatic heterocycles. The molecule has 0 aliphatic rings. The van der Waals surface area contributed by atoms with Gasteiger partial charge in [0.05, 0.1) is 10.6 Å². The number of ether oxygens (including phenoxy) is 1. The molecule has 2 aromatic heterocycles. The highest BCUT2D eigenvalue weighted by Gasteiger charge is 2.15. The number of nitrogens with one attached hydrogen (secondary N) is 1. The Kier molecular flexibility index (Phi) is 6.80. The molecule has 4 aromatic rings. The summed E-state index contributed by atoms with van der Waals surface area (Å²) in [7, 11) is 0. The number of rotatable bonds is 8. The zero-order valence-corrected chi connectivity index (χ0v) is 19.8. The Balaban J connectivity index is 1.39. The second kappa shape index (κ2) is 9.93. The molecule has 12 heteroatoms. The van der Waals surface area contributed by atoms with Crippen LogP contribution in [-0.4, -0.2) is 25.6 Å². The van der Waals surface area contributed by atoms with E-state index in [2.05, 4.69) is 15.4 Å². The van der Waals surface area contributed by atoms with Crippen LogP contribution in [0.3, 0.4) is 0 Å². The molecule has 1 N–H and O–H groups in total. The Hall–Kier alpha value is -3.90. The second-order valence-corrected chi connectivity index (χ2v) is 8.53. The average Bonchev–Trinajstić information content (AvgIpc) is 3.39. The highest BCUT2D eigenvalue weighted by Crippen LogP contribution is 2.29. The van der Waals surface area contributed by atoms with Crippen molar-refractivity contribution in [3.05, 3.63) is 79.8 Å². The van der Waals surface area contributed by atoms with Crippen LogP contribution in [0.4, 0.5) is 10.8 Å². The standard InChI is InChI=1S/C22H19N5O5S2/c1-13-7-8-15(9-17(13)27(29)30)16-12-34-21(23-16)24-19(28)10-26-22(33)32-20(25-26)11-31-18-6-4-3-5-14(18)2/h3-9,12H,10-11H2,1-2H3,(H,23,24,28). The monoisotopic (exact) mass is 497 g/mol. The highest BCUT2D eigenvalue weighted by atomic mass is 32.1. The largest absolute Gasteiger partial charge is 0.484 e. The van der Waals surface area contributed by atoms with Gasteiger partial charge in [-0.15, -0.1) is 16.4 Å². The summed E-state index contributed by atoms with van der Waals surface area (Å²) >= 11 is 6.36. The van der Waals surface area contributed by atoms with Crippen LogP contribution >= 0.6 is 23.6 Å². The lowest BCUT2D eigenvalue weighted by atomic mass is 10.1. The first kappa shape index (κ1) is 23.3. The van der Waals surface area contributed by atoms with Gasteiger partial charge < -0.3 is 14.5 Å². The van der Waals surface area contributed by atoms with Gasteiger partial charge in [0.15, 0.2) is 11.7 Å². The summed E-state index contributed by atoms with van der Waals surface area (Å²) in [6, 6.07) is 12.4. The quantitative estimate of drug-likeness (QED) is 0.203. The molecular formula is C22H19N5O5S2. The van der Waals surface area contributed by atoms with Crippen molar-refractivity contribution in [3.8, 4) is 17.0 Å². The Labute approximate surface area is 203 Å². The van der Waals surface area contributed by atoms with Crippen molar-refractivity contribution < 1.29 is 18.9 Å². The Morgan fingerprint density at radius 2 is 2.06 bits per heavy atom. The molecule has 4 rings (SSSR count). The van der Waals surface area contributed by atoms with Crippen molar-refractivity contribution in [2.45, 2.75) is 27.0 Å². The maximum Gasteiger partial charge on any atom is 0.287 e. The minimum Gasteiger partial charge on any atom is -0.484 e. The molecule has 0 radical (unpaired) electrons. The lowest BCUT2D eigenvalue weighted by molar-refractivity contribution is -0.385. The van der Waals surface area contributed by atoms with Crippen molar-refractivity contribution in [3.63, 3.8) is 0 Å². The molecular weight excluding hydrogens is 478 g/mol. The smallest absolute Gasteiger partial charge is 0.287 e. The summed E-state index contributed by atoms with van der Waals surface area (Å²) in [5, 5.41) is 20.1. The van der Waals surface area contributed by atoms with Gasteiger partial charge in [-0.25, -0.2) is 9.67 Å². The number of carbonyl (C=O) groups excluding carboxylic acids is 1. The number of nitro groups is 1. The van der Waals surface area contributed by atoms with Crippen LogP contribution < -0.4 is 10.1 Å². The first-order valence-electron chi connectivity index (χ1n) is 10.1. The lowest BCUT2D eigenvalue weighted by Crippen LogP contribution is -2.19. The maximum atomic E-state index is 12.5. The van der Waals surface area contributed by atoms with Crippen LogP contribution in [0.15, 0.2) is 52.3 Å². The third kappa shape index (κ3) is 5.35. The van der Waals surface area contributed by atoms with E-state index in [9.17, 15) is 14.9 Å². The number of para-hydroxylation sites is 1. The van der Waals surface area contributed by atoms with Crippen molar-refractivity contribution in [2.75, 3.05) is 5.32 Å². The Morgan fingerprint density at radius 1 is 1.26 bits per heavy atom. The Bertz CT molecular complexity index is 1430. The van der Waals surface area contributed by atoms with Gasteiger partial charge in [-0.05, 0) is 37.7 Å². The molecule has 174 valence electrons. The number of anilines is 1. The molecule has 0 unspecified atom stereocenters. The topological polar surface area (TPSA) is 125 Å². The van der Waals surface area contributed by atoms with Crippen molar-refractivity contribution in [1.82, 2.24) is 14.8 Å². The number of hydrogen-bond acceptors (Lipinski definition) is 9. The predicted molar refractivity (Wildman–Crippen MR) is 128 cm³/mol. The average molecular weight is 498 g/mol. The fourth-order valence-corrected chi connectivity index (χ4v) is 4.03. The second-order valence-electron chi connectivity index (χ2n) is 7.32.